The van der Waals surface area contributed by atoms with Crippen LogP contribution in [0.2, 0.25) is 0 Å². The van der Waals surface area contributed by atoms with E-state index in [-0.39, 0.29) is 11.9 Å². The van der Waals surface area contributed by atoms with Gasteiger partial charge in [0.2, 0.25) is 0 Å². The van der Waals surface area contributed by atoms with Gasteiger partial charge in [0.15, 0.2) is 0 Å². The van der Waals surface area contributed by atoms with Gasteiger partial charge in [-0.1, -0.05) is 78.9 Å². The third-order valence-electron chi connectivity index (χ3n) is 5.73. The smallest absolute Gasteiger partial charge is 0.343 e. The molecule has 34 heavy (non-hydrogen) atoms. The minimum Gasteiger partial charge on any atom is -0.422 e. The highest BCUT2D eigenvalue weighted by Crippen LogP contribution is 2.36. The Hall–Kier alpha value is -4.51. The fourth-order valence-electron chi connectivity index (χ4n) is 4.04. The highest BCUT2D eigenvalue weighted by Gasteiger charge is 2.34. The molecule has 0 fully saturated rings. The van der Waals surface area contributed by atoms with Gasteiger partial charge in [0.1, 0.15) is 5.75 Å². The van der Waals surface area contributed by atoms with Crippen molar-refractivity contribution in [2.75, 3.05) is 0 Å². The maximum atomic E-state index is 13.4. The molecule has 5 nitrogen and oxygen atoms in total. The lowest BCUT2D eigenvalue weighted by Gasteiger charge is -2.22. The molecule has 1 heterocycles. The van der Waals surface area contributed by atoms with Crippen LogP contribution in [0.4, 0.5) is 0 Å². The lowest BCUT2D eigenvalue weighted by Crippen LogP contribution is -2.27. The fourth-order valence-corrected chi connectivity index (χ4v) is 4.04. The minimum absolute atomic E-state index is 0.178. The molecule has 4 aromatic rings. The van der Waals surface area contributed by atoms with Crippen molar-refractivity contribution in [3.05, 3.63) is 138 Å². The van der Waals surface area contributed by atoms with Gasteiger partial charge >= 0.3 is 5.97 Å². The number of carbonyl (C=O) groups excluding carboxylic acids is 2. The number of ether oxygens (including phenoxy) is 1. The van der Waals surface area contributed by atoms with Crippen LogP contribution in [0.3, 0.4) is 0 Å². The number of carbonyl (C=O) groups is 2. The third-order valence-corrected chi connectivity index (χ3v) is 5.73. The van der Waals surface area contributed by atoms with Crippen LogP contribution in [-0.2, 0) is 0 Å². The Kier molecular flexibility index (Phi) is 5.99. The van der Waals surface area contributed by atoms with E-state index in [1.165, 1.54) is 5.01 Å². The predicted molar refractivity (Wildman–Crippen MR) is 131 cm³/mol. The molecule has 4 aromatic carbocycles. The number of nitrogens with zero attached hydrogens (tertiary/aromatic N) is 2. The Bertz CT molecular complexity index is 1340. The van der Waals surface area contributed by atoms with E-state index in [0.29, 0.717) is 34.6 Å². The van der Waals surface area contributed by atoms with Crippen molar-refractivity contribution in [2.24, 2.45) is 5.10 Å². The SMILES string of the molecule is O=C(Oc1ccccc1C1=NN(C(=O)c2ccccc2)[C@H](c2ccccc2)C1)c1ccccc1. The average molecular weight is 447 g/mol. The van der Waals surface area contributed by atoms with Crippen molar-refractivity contribution in [2.45, 2.75) is 12.5 Å². The first-order valence-electron chi connectivity index (χ1n) is 11.1. The van der Waals surface area contributed by atoms with Gasteiger partial charge in [-0.15, -0.1) is 0 Å². The summed E-state index contributed by atoms with van der Waals surface area (Å²) in [5.74, 6) is -0.206. The molecule has 166 valence electrons. The largest absolute Gasteiger partial charge is 0.422 e. The van der Waals surface area contributed by atoms with Gasteiger partial charge < -0.3 is 4.74 Å². The Labute approximate surface area is 197 Å². The zero-order valence-corrected chi connectivity index (χ0v) is 18.4. The Morgan fingerprint density at radius 1 is 0.706 bits per heavy atom. The topological polar surface area (TPSA) is 59.0 Å². The van der Waals surface area contributed by atoms with Gasteiger partial charge in [-0.25, -0.2) is 9.80 Å². The second-order valence-corrected chi connectivity index (χ2v) is 7.94. The zero-order valence-electron chi connectivity index (χ0n) is 18.4. The van der Waals surface area contributed by atoms with Gasteiger partial charge in [0.25, 0.3) is 5.91 Å². The first kappa shape index (κ1) is 21.3. The van der Waals surface area contributed by atoms with Gasteiger partial charge in [-0.3, -0.25) is 4.79 Å². The summed E-state index contributed by atoms with van der Waals surface area (Å²) < 4.78 is 5.74. The van der Waals surface area contributed by atoms with Crippen molar-refractivity contribution in [1.82, 2.24) is 5.01 Å². The molecule has 1 aliphatic heterocycles. The van der Waals surface area contributed by atoms with E-state index >= 15 is 0 Å². The molecule has 0 unspecified atom stereocenters. The zero-order chi connectivity index (χ0) is 23.3. The number of esters is 1. The van der Waals surface area contributed by atoms with Crippen LogP contribution in [0.1, 0.15) is 44.3 Å². The first-order chi connectivity index (χ1) is 16.7. The molecule has 0 aromatic heterocycles. The molecular formula is C29H22N2O3. The van der Waals surface area contributed by atoms with Crippen LogP contribution < -0.4 is 4.74 Å². The molecule has 0 bridgehead atoms. The fraction of sp³-hybridized carbons (Fsp3) is 0.0690. The summed E-state index contributed by atoms with van der Waals surface area (Å²) in [5, 5.41) is 6.28. The number of rotatable bonds is 5. The standard InChI is InChI=1S/C29H22N2O3/c32-28(22-14-6-2-7-15-22)31-26(21-12-4-1-5-13-21)20-25(30-31)24-18-10-11-19-27(24)34-29(33)23-16-8-3-9-17-23/h1-19,26H,20H2/t26-/m0/s1. The third kappa shape index (κ3) is 4.36. The van der Waals surface area contributed by atoms with Gasteiger partial charge in [0.05, 0.1) is 17.3 Å². The molecule has 0 radical (unpaired) electrons. The van der Waals surface area contributed by atoms with Gasteiger partial charge in [0, 0.05) is 17.5 Å². The van der Waals surface area contributed by atoms with Crippen molar-refractivity contribution < 1.29 is 14.3 Å². The Morgan fingerprint density at radius 3 is 1.94 bits per heavy atom. The van der Waals surface area contributed by atoms with E-state index in [2.05, 4.69) is 0 Å². The monoisotopic (exact) mass is 446 g/mol. The molecule has 0 aliphatic carbocycles. The van der Waals surface area contributed by atoms with E-state index in [1.54, 1.807) is 42.5 Å². The van der Waals surface area contributed by atoms with Crippen LogP contribution in [0.5, 0.6) is 5.75 Å². The molecule has 1 atom stereocenters. The predicted octanol–water partition coefficient (Wildman–Crippen LogP) is 5.90. The van der Waals surface area contributed by atoms with Crippen molar-refractivity contribution in [3.8, 4) is 5.75 Å². The summed E-state index contributed by atoms with van der Waals surface area (Å²) in [5.41, 5.74) is 3.40. The van der Waals surface area contributed by atoms with Gasteiger partial charge in [-0.2, -0.15) is 5.10 Å². The molecule has 0 spiro atoms. The summed E-state index contributed by atoms with van der Waals surface area (Å²) in [7, 11) is 0. The van der Waals surface area contributed by atoms with Crippen LogP contribution in [0.15, 0.2) is 120 Å². The number of hydrogen-bond donors (Lipinski definition) is 0. The second kappa shape index (κ2) is 9.55. The number of amides is 1. The maximum Gasteiger partial charge on any atom is 0.343 e. The number of para-hydroxylation sites is 1. The quantitative estimate of drug-likeness (QED) is 0.283. The Morgan fingerprint density at radius 2 is 1.26 bits per heavy atom. The van der Waals surface area contributed by atoms with Crippen LogP contribution >= 0.6 is 0 Å². The highest BCUT2D eigenvalue weighted by atomic mass is 16.5. The normalized spacial score (nSPS) is 15.0. The first-order valence-corrected chi connectivity index (χ1v) is 11.1. The molecule has 5 rings (SSSR count). The van der Waals surface area contributed by atoms with E-state index in [1.807, 2.05) is 72.8 Å². The summed E-state index contributed by atoms with van der Waals surface area (Å²) in [4.78, 5) is 26.1. The molecule has 0 saturated carbocycles. The Balaban J connectivity index is 1.50. The minimum atomic E-state index is -0.441. The molecule has 1 amide bonds. The van der Waals surface area contributed by atoms with Crippen LogP contribution in [0.25, 0.3) is 0 Å². The molecule has 0 N–H and O–H groups in total. The molecule has 0 saturated heterocycles. The van der Waals surface area contributed by atoms with E-state index in [9.17, 15) is 9.59 Å². The average Bonchev–Trinajstić information content (AvgIpc) is 3.35. The summed E-state index contributed by atoms with van der Waals surface area (Å²) in [6, 6.07) is 34.9. The lowest BCUT2D eigenvalue weighted by atomic mass is 9.97. The number of benzene rings is 4. The summed E-state index contributed by atoms with van der Waals surface area (Å²) >= 11 is 0. The summed E-state index contributed by atoms with van der Waals surface area (Å²) in [6.07, 6.45) is 0.502. The van der Waals surface area contributed by atoms with Crippen molar-refractivity contribution in [3.63, 3.8) is 0 Å². The number of hydrogen-bond acceptors (Lipinski definition) is 4. The van der Waals surface area contributed by atoms with E-state index < -0.39 is 5.97 Å². The highest BCUT2D eigenvalue weighted by molar-refractivity contribution is 6.07. The molecular weight excluding hydrogens is 424 g/mol. The van der Waals surface area contributed by atoms with Crippen molar-refractivity contribution in [1.29, 1.82) is 0 Å². The van der Waals surface area contributed by atoms with Crippen LogP contribution in [0, 0.1) is 0 Å². The van der Waals surface area contributed by atoms with Gasteiger partial charge in [-0.05, 0) is 42.0 Å². The second-order valence-electron chi connectivity index (χ2n) is 7.94. The number of hydrazone groups is 1. The summed E-state index contributed by atoms with van der Waals surface area (Å²) in [6.45, 7) is 0. The van der Waals surface area contributed by atoms with E-state index in [0.717, 1.165) is 5.56 Å². The molecule has 1 aliphatic rings. The van der Waals surface area contributed by atoms with Crippen LogP contribution in [-0.4, -0.2) is 22.6 Å². The lowest BCUT2D eigenvalue weighted by molar-refractivity contribution is 0.0708. The van der Waals surface area contributed by atoms with E-state index in [4.69, 9.17) is 9.84 Å². The maximum absolute atomic E-state index is 13.4. The molecule has 5 heteroatoms. The van der Waals surface area contributed by atoms with Crippen molar-refractivity contribution >= 4 is 17.6 Å².